The molecule has 0 fully saturated rings. The van der Waals surface area contributed by atoms with Gasteiger partial charge in [0.1, 0.15) is 12.4 Å². The van der Waals surface area contributed by atoms with Crippen LogP contribution in [-0.2, 0) is 20.1 Å². The molecule has 110 valence electrons. The minimum Gasteiger partial charge on any atom is -0.487 e. The summed E-state index contributed by atoms with van der Waals surface area (Å²) < 4.78 is 7.55. The van der Waals surface area contributed by atoms with Crippen molar-refractivity contribution in [3.8, 4) is 5.75 Å². The van der Waals surface area contributed by atoms with Gasteiger partial charge in [0.25, 0.3) is 0 Å². The van der Waals surface area contributed by atoms with E-state index in [0.717, 1.165) is 41.1 Å². The number of hydrogen-bond acceptors (Lipinski definition) is 3. The predicted molar refractivity (Wildman–Crippen MR) is 81.0 cm³/mol. The molecular formula is C16H17ClN2O2. The molecule has 0 bridgehead atoms. The molecule has 0 radical (unpaired) electrons. The van der Waals surface area contributed by atoms with E-state index >= 15 is 0 Å². The van der Waals surface area contributed by atoms with Crippen LogP contribution in [0.2, 0.25) is 5.02 Å². The molecule has 0 N–H and O–H groups in total. The maximum Gasteiger partial charge on any atom is 0.163 e. The second-order valence-corrected chi connectivity index (χ2v) is 5.73. The van der Waals surface area contributed by atoms with E-state index in [1.165, 1.54) is 0 Å². The summed E-state index contributed by atoms with van der Waals surface area (Å²) in [6.07, 6.45) is 2.50. The lowest BCUT2D eigenvalue weighted by atomic mass is 9.90. The van der Waals surface area contributed by atoms with Crippen LogP contribution in [0.1, 0.15) is 40.2 Å². The molecule has 2 aromatic rings. The Labute approximate surface area is 128 Å². The summed E-state index contributed by atoms with van der Waals surface area (Å²) in [5.41, 5.74) is 3.57. The van der Waals surface area contributed by atoms with Crippen molar-refractivity contribution in [1.82, 2.24) is 9.78 Å². The largest absolute Gasteiger partial charge is 0.487 e. The Morgan fingerprint density at radius 2 is 2.19 bits per heavy atom. The van der Waals surface area contributed by atoms with Gasteiger partial charge in [-0.1, -0.05) is 11.6 Å². The highest BCUT2D eigenvalue weighted by molar-refractivity contribution is 6.31. The van der Waals surface area contributed by atoms with Gasteiger partial charge in [-0.2, -0.15) is 5.10 Å². The summed E-state index contributed by atoms with van der Waals surface area (Å²) in [5.74, 6) is 0.992. The van der Waals surface area contributed by atoms with Crippen molar-refractivity contribution < 1.29 is 9.53 Å². The molecule has 1 aliphatic carbocycles. The SMILES string of the molecule is Cc1nn(C)c(COc2ccc3c(c2)CCCC3=O)c1Cl. The number of aryl methyl sites for hydroxylation is 3. The van der Waals surface area contributed by atoms with Crippen molar-refractivity contribution in [2.24, 2.45) is 7.05 Å². The quantitative estimate of drug-likeness (QED) is 0.872. The number of ketones is 1. The zero-order valence-electron chi connectivity index (χ0n) is 12.1. The number of rotatable bonds is 3. The summed E-state index contributed by atoms with van der Waals surface area (Å²) in [5, 5.41) is 4.91. The van der Waals surface area contributed by atoms with Gasteiger partial charge in [0, 0.05) is 19.0 Å². The molecule has 0 saturated heterocycles. The molecule has 0 spiro atoms. The number of hydrogen-bond donors (Lipinski definition) is 0. The van der Waals surface area contributed by atoms with E-state index in [1.807, 2.05) is 32.2 Å². The minimum absolute atomic E-state index is 0.230. The van der Waals surface area contributed by atoms with Gasteiger partial charge < -0.3 is 4.74 Å². The molecule has 4 nitrogen and oxygen atoms in total. The molecule has 1 aliphatic rings. The van der Waals surface area contributed by atoms with Gasteiger partial charge in [-0.15, -0.1) is 0 Å². The third-order valence-corrected chi connectivity index (χ3v) is 4.36. The van der Waals surface area contributed by atoms with Crippen molar-refractivity contribution in [1.29, 1.82) is 0 Å². The number of halogens is 1. The first kappa shape index (κ1) is 14.1. The minimum atomic E-state index is 0.230. The Balaban J connectivity index is 1.78. The smallest absolute Gasteiger partial charge is 0.163 e. The number of benzene rings is 1. The molecule has 1 heterocycles. The van der Waals surface area contributed by atoms with Crippen LogP contribution in [-0.4, -0.2) is 15.6 Å². The highest BCUT2D eigenvalue weighted by atomic mass is 35.5. The zero-order valence-corrected chi connectivity index (χ0v) is 12.9. The van der Waals surface area contributed by atoms with Crippen LogP contribution >= 0.6 is 11.6 Å². The third-order valence-electron chi connectivity index (χ3n) is 3.86. The van der Waals surface area contributed by atoms with E-state index in [-0.39, 0.29) is 5.78 Å². The number of Topliss-reactive ketones (excluding diaryl/α,β-unsaturated/α-hetero) is 1. The third kappa shape index (κ3) is 2.68. The van der Waals surface area contributed by atoms with E-state index in [1.54, 1.807) is 4.68 Å². The highest BCUT2D eigenvalue weighted by Crippen LogP contribution is 2.27. The lowest BCUT2D eigenvalue weighted by Crippen LogP contribution is -2.11. The second kappa shape index (κ2) is 5.53. The molecule has 0 aliphatic heterocycles. The molecule has 3 rings (SSSR count). The summed E-state index contributed by atoms with van der Waals surface area (Å²) in [6.45, 7) is 2.24. The normalized spacial score (nSPS) is 14.1. The first-order valence-corrected chi connectivity index (χ1v) is 7.41. The van der Waals surface area contributed by atoms with E-state index in [9.17, 15) is 4.79 Å². The molecule has 0 saturated carbocycles. The fourth-order valence-electron chi connectivity index (χ4n) is 2.70. The van der Waals surface area contributed by atoms with Gasteiger partial charge in [-0.3, -0.25) is 9.48 Å². The predicted octanol–water partition coefficient (Wildman–Crippen LogP) is 3.48. The molecular weight excluding hydrogens is 288 g/mol. The van der Waals surface area contributed by atoms with E-state index < -0.39 is 0 Å². The number of carbonyl (C=O) groups excluding carboxylic acids is 1. The van der Waals surface area contributed by atoms with Crippen molar-refractivity contribution in [2.75, 3.05) is 0 Å². The van der Waals surface area contributed by atoms with Gasteiger partial charge in [-0.25, -0.2) is 0 Å². The summed E-state index contributed by atoms with van der Waals surface area (Å²) in [4.78, 5) is 11.8. The first-order chi connectivity index (χ1) is 10.1. The van der Waals surface area contributed by atoms with E-state index in [4.69, 9.17) is 16.3 Å². The Morgan fingerprint density at radius 3 is 2.90 bits per heavy atom. The maximum atomic E-state index is 11.8. The van der Waals surface area contributed by atoms with Gasteiger partial charge >= 0.3 is 0 Å². The Bertz CT molecular complexity index is 707. The zero-order chi connectivity index (χ0) is 15.0. The van der Waals surface area contributed by atoms with E-state index in [2.05, 4.69) is 5.10 Å². The number of ether oxygens (including phenoxy) is 1. The monoisotopic (exact) mass is 304 g/mol. The summed E-state index contributed by atoms with van der Waals surface area (Å²) in [6, 6.07) is 5.67. The fourth-order valence-corrected chi connectivity index (χ4v) is 2.92. The number of fused-ring (bicyclic) bond motifs is 1. The lowest BCUT2D eigenvalue weighted by molar-refractivity contribution is 0.0972. The van der Waals surface area contributed by atoms with Crippen LogP contribution in [0, 0.1) is 6.92 Å². The van der Waals surface area contributed by atoms with Gasteiger partial charge in [0.2, 0.25) is 0 Å². The van der Waals surface area contributed by atoms with Crippen LogP contribution in [0.25, 0.3) is 0 Å². The van der Waals surface area contributed by atoms with Crippen LogP contribution in [0.4, 0.5) is 0 Å². The van der Waals surface area contributed by atoms with Crippen molar-refractivity contribution in [3.63, 3.8) is 0 Å². The van der Waals surface area contributed by atoms with Gasteiger partial charge in [0.15, 0.2) is 5.78 Å². The lowest BCUT2D eigenvalue weighted by Gasteiger charge is -2.16. The number of nitrogens with zero attached hydrogens (tertiary/aromatic N) is 2. The maximum absolute atomic E-state index is 11.8. The van der Waals surface area contributed by atoms with Crippen molar-refractivity contribution in [2.45, 2.75) is 32.8 Å². The standard InChI is InChI=1S/C16H17ClN2O2/c1-10-16(17)14(19(2)18-10)9-21-12-6-7-13-11(8-12)4-3-5-15(13)20/h6-8H,3-5,9H2,1-2H3. The Kier molecular flexibility index (Phi) is 3.72. The van der Waals surface area contributed by atoms with Crippen molar-refractivity contribution >= 4 is 17.4 Å². The number of aromatic nitrogens is 2. The van der Waals surface area contributed by atoms with Crippen LogP contribution in [0.3, 0.4) is 0 Å². The Hall–Kier alpha value is -1.81. The van der Waals surface area contributed by atoms with Gasteiger partial charge in [0.05, 0.1) is 16.4 Å². The molecule has 21 heavy (non-hydrogen) atoms. The van der Waals surface area contributed by atoms with Gasteiger partial charge in [-0.05, 0) is 43.5 Å². The fraction of sp³-hybridized carbons (Fsp3) is 0.375. The topological polar surface area (TPSA) is 44.1 Å². The molecule has 0 unspecified atom stereocenters. The highest BCUT2D eigenvalue weighted by Gasteiger charge is 2.18. The summed E-state index contributed by atoms with van der Waals surface area (Å²) in [7, 11) is 1.85. The molecule has 1 aromatic carbocycles. The van der Waals surface area contributed by atoms with E-state index in [0.29, 0.717) is 18.1 Å². The first-order valence-electron chi connectivity index (χ1n) is 7.03. The van der Waals surface area contributed by atoms with Crippen LogP contribution in [0.15, 0.2) is 18.2 Å². The molecule has 0 amide bonds. The molecule has 1 aromatic heterocycles. The molecule has 0 atom stereocenters. The summed E-state index contributed by atoms with van der Waals surface area (Å²) >= 11 is 6.21. The Morgan fingerprint density at radius 1 is 1.38 bits per heavy atom. The second-order valence-electron chi connectivity index (χ2n) is 5.35. The average molecular weight is 305 g/mol. The molecule has 5 heteroatoms. The van der Waals surface area contributed by atoms with Crippen molar-refractivity contribution in [3.05, 3.63) is 45.7 Å². The number of carbonyl (C=O) groups is 1. The average Bonchev–Trinajstić information content (AvgIpc) is 2.70. The van der Waals surface area contributed by atoms with Crippen LogP contribution in [0.5, 0.6) is 5.75 Å². The van der Waals surface area contributed by atoms with Crippen LogP contribution < -0.4 is 4.74 Å².